The van der Waals surface area contributed by atoms with Gasteiger partial charge >= 0.3 is 12.1 Å². The monoisotopic (exact) mass is 300 g/mol. The minimum absolute atomic E-state index is 0.0962. The van der Waals surface area contributed by atoms with Gasteiger partial charge in [0, 0.05) is 12.5 Å². The number of hydrogen-bond donors (Lipinski definition) is 2. The van der Waals surface area contributed by atoms with Crippen molar-refractivity contribution in [2.45, 2.75) is 51.7 Å². The van der Waals surface area contributed by atoms with E-state index >= 15 is 0 Å². The molecule has 0 bridgehead atoms. The molecule has 2 amide bonds. The summed E-state index contributed by atoms with van der Waals surface area (Å²) in [6, 6.07) is -0.890. The van der Waals surface area contributed by atoms with Gasteiger partial charge in [0.15, 0.2) is 0 Å². The van der Waals surface area contributed by atoms with Gasteiger partial charge in [0.05, 0.1) is 7.11 Å². The lowest BCUT2D eigenvalue weighted by Crippen LogP contribution is -2.47. The van der Waals surface area contributed by atoms with E-state index in [9.17, 15) is 14.4 Å². The van der Waals surface area contributed by atoms with E-state index in [0.29, 0.717) is 13.0 Å². The van der Waals surface area contributed by atoms with Gasteiger partial charge < -0.3 is 20.1 Å². The molecule has 0 spiro atoms. The Balaban J connectivity index is 2.65. The van der Waals surface area contributed by atoms with Crippen molar-refractivity contribution in [1.82, 2.24) is 10.6 Å². The fourth-order valence-electron chi connectivity index (χ4n) is 2.15. The van der Waals surface area contributed by atoms with Gasteiger partial charge in [-0.05, 0) is 40.0 Å². The zero-order valence-electron chi connectivity index (χ0n) is 13.0. The highest BCUT2D eigenvalue weighted by Crippen LogP contribution is 2.18. The summed E-state index contributed by atoms with van der Waals surface area (Å²) in [4.78, 5) is 35.3. The van der Waals surface area contributed by atoms with Gasteiger partial charge in [-0.2, -0.15) is 0 Å². The minimum atomic E-state index is -0.890. The Kier molecular flexibility index (Phi) is 5.99. The van der Waals surface area contributed by atoms with Crippen LogP contribution < -0.4 is 10.6 Å². The van der Waals surface area contributed by atoms with Crippen molar-refractivity contribution in [3.63, 3.8) is 0 Å². The number of esters is 1. The first-order chi connectivity index (χ1) is 9.73. The topological polar surface area (TPSA) is 93.7 Å². The Bertz CT molecular complexity index is 403. The number of nitrogens with one attached hydrogen (secondary N) is 2. The summed E-state index contributed by atoms with van der Waals surface area (Å²) in [6.45, 7) is 5.84. The van der Waals surface area contributed by atoms with E-state index < -0.39 is 23.7 Å². The predicted molar refractivity (Wildman–Crippen MR) is 75.5 cm³/mol. The van der Waals surface area contributed by atoms with E-state index in [0.717, 1.165) is 6.42 Å². The van der Waals surface area contributed by atoms with Gasteiger partial charge in [-0.25, -0.2) is 9.59 Å². The molecular formula is C14H24N2O5. The highest BCUT2D eigenvalue weighted by molar-refractivity contribution is 5.84. The molecule has 1 aliphatic heterocycles. The van der Waals surface area contributed by atoms with Crippen LogP contribution in [0.4, 0.5) is 4.79 Å². The lowest BCUT2D eigenvalue weighted by molar-refractivity contribution is -0.144. The molecule has 120 valence electrons. The number of rotatable bonds is 4. The molecule has 7 nitrogen and oxygen atoms in total. The molecule has 7 heteroatoms. The van der Waals surface area contributed by atoms with Gasteiger partial charge in [-0.3, -0.25) is 4.79 Å². The van der Waals surface area contributed by atoms with Crippen LogP contribution in [0.1, 0.15) is 40.0 Å². The number of amides is 2. The molecule has 1 heterocycles. The number of carbonyl (C=O) groups is 3. The van der Waals surface area contributed by atoms with Crippen molar-refractivity contribution < 1.29 is 23.9 Å². The minimum Gasteiger partial charge on any atom is -0.467 e. The highest BCUT2D eigenvalue weighted by atomic mass is 16.6. The molecule has 0 unspecified atom stereocenters. The van der Waals surface area contributed by atoms with E-state index in [-0.39, 0.29) is 18.2 Å². The van der Waals surface area contributed by atoms with Crippen LogP contribution in [0.25, 0.3) is 0 Å². The molecule has 0 radical (unpaired) electrons. The summed E-state index contributed by atoms with van der Waals surface area (Å²) in [6.07, 6.45) is 1.05. The van der Waals surface area contributed by atoms with Crippen LogP contribution in [0.15, 0.2) is 0 Å². The molecule has 1 saturated heterocycles. The Morgan fingerprint density at radius 3 is 2.62 bits per heavy atom. The smallest absolute Gasteiger partial charge is 0.408 e. The number of carbonyl (C=O) groups excluding carboxylic acids is 3. The van der Waals surface area contributed by atoms with Crippen LogP contribution in [0.3, 0.4) is 0 Å². The molecule has 2 atom stereocenters. The zero-order valence-corrected chi connectivity index (χ0v) is 13.0. The fourth-order valence-corrected chi connectivity index (χ4v) is 2.15. The standard InChI is InChI=1S/C14H24N2O5/c1-14(2,3)21-13(19)16-10(12(18)20-4)8-9-6-5-7-15-11(9)17/h9-10H,5-8H2,1-4H3,(H,15,17)(H,16,19)/t9-,10-/m0/s1. The molecule has 0 aromatic rings. The maximum Gasteiger partial charge on any atom is 0.408 e. The van der Waals surface area contributed by atoms with Crippen molar-refractivity contribution >= 4 is 18.0 Å². The second kappa shape index (κ2) is 7.28. The van der Waals surface area contributed by atoms with Crippen molar-refractivity contribution in [2.75, 3.05) is 13.7 Å². The first-order valence-corrected chi connectivity index (χ1v) is 7.08. The molecule has 1 aliphatic rings. The number of methoxy groups -OCH3 is 1. The number of alkyl carbamates (subject to hydrolysis) is 1. The lowest BCUT2D eigenvalue weighted by atomic mass is 9.91. The highest BCUT2D eigenvalue weighted by Gasteiger charge is 2.31. The van der Waals surface area contributed by atoms with Crippen LogP contribution >= 0.6 is 0 Å². The summed E-state index contributed by atoms with van der Waals surface area (Å²) >= 11 is 0. The van der Waals surface area contributed by atoms with E-state index in [1.165, 1.54) is 7.11 Å². The Hall–Kier alpha value is -1.79. The van der Waals surface area contributed by atoms with Crippen molar-refractivity contribution in [2.24, 2.45) is 5.92 Å². The quantitative estimate of drug-likeness (QED) is 0.755. The van der Waals surface area contributed by atoms with Crippen LogP contribution in [0, 0.1) is 5.92 Å². The largest absolute Gasteiger partial charge is 0.467 e. The van der Waals surface area contributed by atoms with Crippen molar-refractivity contribution in [3.8, 4) is 0 Å². The summed E-state index contributed by atoms with van der Waals surface area (Å²) in [5.74, 6) is -0.988. The molecule has 0 aliphatic carbocycles. The number of hydrogen-bond acceptors (Lipinski definition) is 5. The van der Waals surface area contributed by atoms with Gasteiger partial charge in [-0.1, -0.05) is 0 Å². The fraction of sp³-hybridized carbons (Fsp3) is 0.786. The van der Waals surface area contributed by atoms with Crippen molar-refractivity contribution in [1.29, 1.82) is 0 Å². The first-order valence-electron chi connectivity index (χ1n) is 7.08. The summed E-state index contributed by atoms with van der Waals surface area (Å²) in [5.41, 5.74) is -0.660. The average molecular weight is 300 g/mol. The van der Waals surface area contributed by atoms with Gasteiger partial charge in [0.1, 0.15) is 11.6 Å². The van der Waals surface area contributed by atoms with Crippen LogP contribution in [-0.2, 0) is 19.1 Å². The van der Waals surface area contributed by atoms with Crippen LogP contribution in [0.2, 0.25) is 0 Å². The van der Waals surface area contributed by atoms with Gasteiger partial charge in [-0.15, -0.1) is 0 Å². The Morgan fingerprint density at radius 2 is 2.10 bits per heavy atom. The van der Waals surface area contributed by atoms with E-state index in [1.54, 1.807) is 20.8 Å². The normalized spacial score (nSPS) is 20.2. The molecule has 0 aromatic carbocycles. The number of ether oxygens (including phenoxy) is 2. The molecule has 21 heavy (non-hydrogen) atoms. The van der Waals surface area contributed by atoms with Gasteiger partial charge in [0.25, 0.3) is 0 Å². The summed E-state index contributed by atoms with van der Waals surface area (Å²) in [5, 5.41) is 5.23. The van der Waals surface area contributed by atoms with E-state index in [2.05, 4.69) is 15.4 Å². The van der Waals surface area contributed by atoms with Crippen molar-refractivity contribution in [3.05, 3.63) is 0 Å². The number of piperidine rings is 1. The summed E-state index contributed by atoms with van der Waals surface area (Å²) < 4.78 is 9.80. The molecule has 1 fully saturated rings. The predicted octanol–water partition coefficient (Wildman–Crippen LogP) is 0.969. The van der Waals surface area contributed by atoms with Gasteiger partial charge in [0.2, 0.25) is 5.91 Å². The summed E-state index contributed by atoms with van der Waals surface area (Å²) in [7, 11) is 1.24. The molecule has 2 N–H and O–H groups in total. The molecule has 1 rings (SSSR count). The molecule has 0 saturated carbocycles. The zero-order chi connectivity index (χ0) is 16.0. The van der Waals surface area contributed by atoms with Crippen LogP contribution in [-0.4, -0.2) is 43.3 Å². The maximum atomic E-state index is 11.8. The third-order valence-electron chi connectivity index (χ3n) is 3.10. The SMILES string of the molecule is COC(=O)[C@H](C[C@@H]1CCCNC1=O)NC(=O)OC(C)(C)C. The van der Waals surface area contributed by atoms with E-state index in [4.69, 9.17) is 4.74 Å². The van der Waals surface area contributed by atoms with E-state index in [1.807, 2.05) is 0 Å². The third kappa shape index (κ3) is 6.01. The third-order valence-corrected chi connectivity index (χ3v) is 3.10. The first kappa shape index (κ1) is 17.3. The Labute approximate surface area is 124 Å². The second-order valence-corrected chi connectivity index (χ2v) is 6.09. The molecular weight excluding hydrogens is 276 g/mol. The average Bonchev–Trinajstić information content (AvgIpc) is 2.37. The molecule has 0 aromatic heterocycles. The lowest BCUT2D eigenvalue weighted by Gasteiger charge is -2.26. The second-order valence-electron chi connectivity index (χ2n) is 6.09. The maximum absolute atomic E-state index is 11.8. The van der Waals surface area contributed by atoms with Crippen LogP contribution in [0.5, 0.6) is 0 Å². The Morgan fingerprint density at radius 1 is 1.43 bits per heavy atom.